The lowest BCUT2D eigenvalue weighted by molar-refractivity contribution is 0.541. The van der Waals surface area contributed by atoms with E-state index in [0.717, 1.165) is 5.69 Å². The first-order valence-corrected chi connectivity index (χ1v) is 6.41. The van der Waals surface area contributed by atoms with Gasteiger partial charge in [-0.25, -0.2) is 4.68 Å². The second kappa shape index (κ2) is 4.84. The quantitative estimate of drug-likeness (QED) is 0.805. The maximum atomic E-state index is 9.13. The van der Waals surface area contributed by atoms with Crippen LogP contribution in [0.15, 0.2) is 18.2 Å². The first-order valence-electron chi connectivity index (χ1n) is 5.65. The summed E-state index contributed by atoms with van der Waals surface area (Å²) in [6, 6.07) is 7.17. The minimum absolute atomic E-state index is 0.274. The molecular formula is C13H12Cl2N4. The third-order valence-electron chi connectivity index (χ3n) is 2.58. The number of hydrogen-bond acceptors (Lipinski definition) is 3. The molecule has 0 unspecified atom stereocenters. The van der Waals surface area contributed by atoms with Crippen molar-refractivity contribution in [2.24, 2.45) is 0 Å². The summed E-state index contributed by atoms with van der Waals surface area (Å²) in [5.41, 5.74) is 1.46. The van der Waals surface area contributed by atoms with Crippen LogP contribution in [0, 0.1) is 11.3 Å². The summed E-state index contributed by atoms with van der Waals surface area (Å²) in [7, 11) is 0. The van der Waals surface area contributed by atoms with E-state index >= 15 is 0 Å². The number of benzene rings is 1. The molecule has 6 heteroatoms. The van der Waals surface area contributed by atoms with Crippen molar-refractivity contribution >= 4 is 23.2 Å². The molecule has 0 aliphatic carbocycles. The smallest absolute Gasteiger partial charge is 0.186 e. The van der Waals surface area contributed by atoms with E-state index in [9.17, 15) is 0 Å². The van der Waals surface area contributed by atoms with Crippen molar-refractivity contribution in [3.05, 3.63) is 39.6 Å². The normalized spacial score (nSPS) is 11.4. The molecule has 0 N–H and O–H groups in total. The molecular weight excluding hydrogens is 283 g/mol. The van der Waals surface area contributed by atoms with Gasteiger partial charge in [-0.15, -0.1) is 5.10 Å². The molecule has 1 aromatic carbocycles. The molecule has 0 amide bonds. The Hall–Kier alpha value is -1.57. The molecule has 0 saturated carbocycles. The van der Waals surface area contributed by atoms with Crippen molar-refractivity contribution in [1.29, 1.82) is 5.26 Å². The van der Waals surface area contributed by atoms with Gasteiger partial charge in [-0.05, 0) is 18.2 Å². The molecule has 2 aromatic rings. The van der Waals surface area contributed by atoms with Crippen molar-refractivity contribution in [3.8, 4) is 11.8 Å². The number of nitrogens with zero attached hydrogens (tertiary/aromatic N) is 4. The molecule has 0 aliphatic heterocycles. The van der Waals surface area contributed by atoms with Gasteiger partial charge in [0.1, 0.15) is 6.07 Å². The largest absolute Gasteiger partial charge is 0.216 e. The van der Waals surface area contributed by atoms with E-state index in [0.29, 0.717) is 21.4 Å². The first-order chi connectivity index (χ1) is 8.82. The second-order valence-electron chi connectivity index (χ2n) is 5.19. The molecule has 0 aliphatic rings. The lowest BCUT2D eigenvalue weighted by Gasteiger charge is -2.19. The molecule has 19 heavy (non-hydrogen) atoms. The van der Waals surface area contributed by atoms with Gasteiger partial charge in [0, 0.05) is 15.5 Å². The van der Waals surface area contributed by atoms with Crippen LogP contribution in [0.5, 0.6) is 0 Å². The van der Waals surface area contributed by atoms with E-state index in [1.54, 1.807) is 22.9 Å². The highest BCUT2D eigenvalue weighted by Gasteiger charge is 2.26. The Kier molecular flexibility index (Phi) is 3.53. The van der Waals surface area contributed by atoms with Crippen LogP contribution in [-0.4, -0.2) is 15.0 Å². The average molecular weight is 295 g/mol. The highest BCUT2D eigenvalue weighted by atomic mass is 35.5. The van der Waals surface area contributed by atoms with Crippen molar-refractivity contribution in [2.45, 2.75) is 26.2 Å². The average Bonchev–Trinajstić information content (AvgIpc) is 2.70. The van der Waals surface area contributed by atoms with Gasteiger partial charge in [0.2, 0.25) is 0 Å². The van der Waals surface area contributed by atoms with Crippen LogP contribution >= 0.6 is 23.2 Å². The summed E-state index contributed by atoms with van der Waals surface area (Å²) in [4.78, 5) is 0. The number of rotatable bonds is 1. The van der Waals surface area contributed by atoms with Gasteiger partial charge in [-0.2, -0.15) is 5.26 Å². The van der Waals surface area contributed by atoms with Crippen LogP contribution < -0.4 is 0 Å². The lowest BCUT2D eigenvalue weighted by atomic mass is 9.90. The summed E-state index contributed by atoms with van der Waals surface area (Å²) >= 11 is 12.0. The van der Waals surface area contributed by atoms with Crippen molar-refractivity contribution in [2.75, 3.05) is 0 Å². The van der Waals surface area contributed by atoms with Crippen LogP contribution in [0.2, 0.25) is 10.0 Å². The van der Waals surface area contributed by atoms with Gasteiger partial charge >= 0.3 is 0 Å². The predicted octanol–water partition coefficient (Wildman–Crippen LogP) is 3.74. The van der Waals surface area contributed by atoms with Gasteiger partial charge in [-0.3, -0.25) is 0 Å². The van der Waals surface area contributed by atoms with Gasteiger partial charge in [0.05, 0.1) is 11.4 Å². The molecule has 0 saturated heterocycles. The fourth-order valence-corrected chi connectivity index (χ4v) is 2.39. The molecule has 0 fully saturated rings. The monoisotopic (exact) mass is 294 g/mol. The Balaban J connectivity index is 2.70. The Morgan fingerprint density at radius 3 is 2.21 bits per heavy atom. The van der Waals surface area contributed by atoms with E-state index in [2.05, 4.69) is 16.4 Å². The van der Waals surface area contributed by atoms with Crippen LogP contribution in [-0.2, 0) is 5.41 Å². The molecule has 0 atom stereocenters. The maximum absolute atomic E-state index is 9.13. The molecule has 1 aromatic heterocycles. The highest BCUT2D eigenvalue weighted by Crippen LogP contribution is 2.29. The summed E-state index contributed by atoms with van der Waals surface area (Å²) in [6.45, 7) is 5.99. The Morgan fingerprint density at radius 1 is 1.16 bits per heavy atom. The van der Waals surface area contributed by atoms with Gasteiger partial charge in [0.25, 0.3) is 0 Å². The molecule has 1 heterocycles. The Labute approximate surface area is 121 Å². The van der Waals surface area contributed by atoms with Crippen molar-refractivity contribution in [3.63, 3.8) is 0 Å². The summed E-state index contributed by atoms with van der Waals surface area (Å²) in [5, 5.41) is 18.1. The molecule has 2 rings (SSSR count). The number of halogens is 2. The van der Waals surface area contributed by atoms with E-state index < -0.39 is 0 Å². The first kappa shape index (κ1) is 13.9. The molecule has 0 radical (unpaired) electrons. The third kappa shape index (κ3) is 2.73. The SMILES string of the molecule is CC(C)(C)c1c(C#N)nnn1-c1cc(Cl)cc(Cl)c1. The minimum Gasteiger partial charge on any atom is -0.216 e. The van der Waals surface area contributed by atoms with Gasteiger partial charge < -0.3 is 0 Å². The fourth-order valence-electron chi connectivity index (χ4n) is 1.87. The predicted molar refractivity (Wildman–Crippen MR) is 74.8 cm³/mol. The molecule has 98 valence electrons. The van der Waals surface area contributed by atoms with Crippen LogP contribution in [0.4, 0.5) is 0 Å². The van der Waals surface area contributed by atoms with E-state index in [1.165, 1.54) is 0 Å². The zero-order chi connectivity index (χ0) is 14.2. The van der Waals surface area contributed by atoms with Gasteiger partial charge in [-0.1, -0.05) is 49.2 Å². The van der Waals surface area contributed by atoms with Crippen LogP contribution in [0.1, 0.15) is 32.2 Å². The van der Waals surface area contributed by atoms with E-state index in [1.807, 2.05) is 20.8 Å². The zero-order valence-corrected chi connectivity index (χ0v) is 12.3. The van der Waals surface area contributed by atoms with Crippen molar-refractivity contribution < 1.29 is 0 Å². The van der Waals surface area contributed by atoms with Crippen LogP contribution in [0.3, 0.4) is 0 Å². The van der Waals surface area contributed by atoms with E-state index in [4.69, 9.17) is 28.5 Å². The zero-order valence-electron chi connectivity index (χ0n) is 10.8. The second-order valence-corrected chi connectivity index (χ2v) is 6.06. The fraction of sp³-hybridized carbons (Fsp3) is 0.308. The number of nitriles is 1. The standard InChI is InChI=1S/C13H12Cl2N4/c1-13(2,3)12-11(7-16)17-18-19(12)10-5-8(14)4-9(15)6-10/h4-6H,1-3H3. The number of hydrogen-bond donors (Lipinski definition) is 0. The third-order valence-corrected chi connectivity index (χ3v) is 3.01. The molecule has 4 nitrogen and oxygen atoms in total. The maximum Gasteiger partial charge on any atom is 0.186 e. The Bertz CT molecular complexity index is 642. The summed E-state index contributed by atoms with van der Waals surface area (Å²) in [5.74, 6) is 0. The summed E-state index contributed by atoms with van der Waals surface area (Å²) < 4.78 is 1.61. The Morgan fingerprint density at radius 2 is 1.74 bits per heavy atom. The van der Waals surface area contributed by atoms with E-state index in [-0.39, 0.29) is 5.41 Å². The molecule has 0 bridgehead atoms. The summed E-state index contributed by atoms with van der Waals surface area (Å²) in [6.07, 6.45) is 0. The highest BCUT2D eigenvalue weighted by molar-refractivity contribution is 6.34. The van der Waals surface area contributed by atoms with Crippen molar-refractivity contribution in [1.82, 2.24) is 15.0 Å². The minimum atomic E-state index is -0.274. The molecule has 0 spiro atoms. The lowest BCUT2D eigenvalue weighted by Crippen LogP contribution is -2.19. The number of aromatic nitrogens is 3. The topological polar surface area (TPSA) is 54.5 Å². The van der Waals surface area contributed by atoms with Crippen LogP contribution in [0.25, 0.3) is 5.69 Å². The van der Waals surface area contributed by atoms with Gasteiger partial charge in [0.15, 0.2) is 5.69 Å².